The lowest BCUT2D eigenvalue weighted by Gasteiger charge is -2.14. The van der Waals surface area contributed by atoms with E-state index in [-0.39, 0.29) is 0 Å². The lowest BCUT2D eigenvalue weighted by atomic mass is 10.1. The first-order valence-electron chi connectivity index (χ1n) is 4.52. The number of halogens is 1. The van der Waals surface area contributed by atoms with Crippen LogP contribution in [-0.4, -0.2) is 19.1 Å². The maximum atomic E-state index is 8.69. The zero-order chi connectivity index (χ0) is 11.4. The van der Waals surface area contributed by atoms with Gasteiger partial charge in [0.25, 0.3) is 0 Å². The fourth-order valence-electron chi connectivity index (χ4n) is 1.30. The molecular formula is C11H13ClN2O. The van der Waals surface area contributed by atoms with Crippen LogP contribution in [0.25, 0.3) is 0 Å². The molecule has 15 heavy (non-hydrogen) atoms. The summed E-state index contributed by atoms with van der Waals surface area (Å²) in [7, 11) is 3.33. The van der Waals surface area contributed by atoms with Gasteiger partial charge in [-0.1, -0.05) is 11.6 Å². The topological polar surface area (TPSA) is 36.3 Å². The SMILES string of the molecule is COc1cc(C)c(Cl)cc1CN(C)C#N. The molecule has 0 aliphatic heterocycles. The van der Waals surface area contributed by atoms with E-state index in [1.165, 1.54) is 4.90 Å². The highest BCUT2D eigenvalue weighted by molar-refractivity contribution is 6.31. The lowest BCUT2D eigenvalue weighted by molar-refractivity contribution is 0.393. The number of rotatable bonds is 3. The second-order valence-corrected chi connectivity index (χ2v) is 3.78. The number of benzene rings is 1. The van der Waals surface area contributed by atoms with Gasteiger partial charge in [-0.15, -0.1) is 0 Å². The molecule has 0 unspecified atom stereocenters. The van der Waals surface area contributed by atoms with Crippen molar-refractivity contribution in [1.82, 2.24) is 4.90 Å². The van der Waals surface area contributed by atoms with Gasteiger partial charge in [-0.3, -0.25) is 0 Å². The van der Waals surface area contributed by atoms with Crippen molar-refractivity contribution < 1.29 is 4.74 Å². The number of aryl methyl sites for hydroxylation is 1. The lowest BCUT2D eigenvalue weighted by Crippen LogP contribution is -2.11. The van der Waals surface area contributed by atoms with Crippen LogP contribution >= 0.6 is 11.6 Å². The number of hydrogen-bond acceptors (Lipinski definition) is 3. The number of hydrogen-bond donors (Lipinski definition) is 0. The third-order valence-electron chi connectivity index (χ3n) is 2.14. The van der Waals surface area contributed by atoms with Crippen molar-refractivity contribution in [1.29, 1.82) is 5.26 Å². The molecule has 0 aliphatic carbocycles. The first kappa shape index (κ1) is 11.7. The van der Waals surface area contributed by atoms with Crippen LogP contribution in [0.3, 0.4) is 0 Å². The number of nitrogens with zero attached hydrogens (tertiary/aromatic N) is 2. The second kappa shape index (κ2) is 4.90. The van der Waals surface area contributed by atoms with Crippen molar-refractivity contribution in [3.63, 3.8) is 0 Å². The summed E-state index contributed by atoms with van der Waals surface area (Å²) in [5, 5.41) is 9.38. The van der Waals surface area contributed by atoms with Crippen LogP contribution in [-0.2, 0) is 6.54 Å². The third-order valence-corrected chi connectivity index (χ3v) is 2.55. The maximum absolute atomic E-state index is 8.69. The number of nitriles is 1. The van der Waals surface area contributed by atoms with E-state index in [9.17, 15) is 0 Å². The summed E-state index contributed by atoms with van der Waals surface area (Å²) in [4.78, 5) is 1.52. The van der Waals surface area contributed by atoms with E-state index >= 15 is 0 Å². The zero-order valence-corrected chi connectivity index (χ0v) is 9.80. The van der Waals surface area contributed by atoms with Crippen LogP contribution in [0.2, 0.25) is 5.02 Å². The Kier molecular flexibility index (Phi) is 3.81. The molecule has 0 amide bonds. The molecule has 0 saturated heterocycles. The minimum atomic E-state index is 0.500. The van der Waals surface area contributed by atoms with Gasteiger partial charge in [-0.2, -0.15) is 5.26 Å². The highest BCUT2D eigenvalue weighted by Gasteiger charge is 2.08. The molecule has 1 aromatic rings. The molecule has 0 aliphatic rings. The average molecular weight is 225 g/mol. The highest BCUT2D eigenvalue weighted by atomic mass is 35.5. The van der Waals surface area contributed by atoms with E-state index in [1.54, 1.807) is 14.2 Å². The molecule has 0 radical (unpaired) electrons. The van der Waals surface area contributed by atoms with Crippen molar-refractivity contribution in [3.8, 4) is 11.9 Å². The van der Waals surface area contributed by atoms with E-state index in [0.717, 1.165) is 16.9 Å². The first-order valence-corrected chi connectivity index (χ1v) is 4.90. The Bertz CT molecular complexity index is 398. The van der Waals surface area contributed by atoms with Crippen molar-refractivity contribution in [2.75, 3.05) is 14.2 Å². The van der Waals surface area contributed by atoms with Crippen molar-refractivity contribution in [2.45, 2.75) is 13.5 Å². The number of methoxy groups -OCH3 is 1. The van der Waals surface area contributed by atoms with E-state index < -0.39 is 0 Å². The molecule has 1 aromatic carbocycles. The maximum Gasteiger partial charge on any atom is 0.179 e. The van der Waals surface area contributed by atoms with Crippen LogP contribution in [0.15, 0.2) is 12.1 Å². The second-order valence-electron chi connectivity index (χ2n) is 3.37. The Morgan fingerprint density at radius 3 is 2.73 bits per heavy atom. The molecule has 0 atom stereocenters. The fraction of sp³-hybridized carbons (Fsp3) is 0.364. The van der Waals surface area contributed by atoms with Crippen LogP contribution in [0.1, 0.15) is 11.1 Å². The summed E-state index contributed by atoms with van der Waals surface area (Å²) < 4.78 is 5.23. The van der Waals surface area contributed by atoms with Gasteiger partial charge in [0.15, 0.2) is 6.19 Å². The molecule has 0 bridgehead atoms. The fourth-order valence-corrected chi connectivity index (χ4v) is 1.49. The zero-order valence-electron chi connectivity index (χ0n) is 9.04. The predicted octanol–water partition coefficient (Wildman–Crippen LogP) is 2.57. The smallest absolute Gasteiger partial charge is 0.179 e. The Hall–Kier alpha value is -1.40. The summed E-state index contributed by atoms with van der Waals surface area (Å²) in [5.74, 6) is 0.763. The third kappa shape index (κ3) is 2.77. The van der Waals surface area contributed by atoms with E-state index in [2.05, 4.69) is 0 Å². The minimum Gasteiger partial charge on any atom is -0.496 e. The van der Waals surface area contributed by atoms with Gasteiger partial charge in [0.05, 0.1) is 13.7 Å². The average Bonchev–Trinajstić information content (AvgIpc) is 2.22. The van der Waals surface area contributed by atoms with Gasteiger partial charge in [0.2, 0.25) is 0 Å². The molecule has 0 N–H and O–H groups in total. The summed E-state index contributed by atoms with van der Waals surface area (Å²) in [6.45, 7) is 2.42. The Morgan fingerprint density at radius 1 is 1.53 bits per heavy atom. The summed E-state index contributed by atoms with van der Waals surface area (Å²) in [6.07, 6.45) is 2.03. The summed E-state index contributed by atoms with van der Waals surface area (Å²) in [6, 6.07) is 3.71. The van der Waals surface area contributed by atoms with Gasteiger partial charge in [0, 0.05) is 17.6 Å². The molecular weight excluding hydrogens is 212 g/mol. The Balaban J connectivity index is 3.06. The van der Waals surface area contributed by atoms with Crippen LogP contribution in [0, 0.1) is 18.4 Å². The standard InChI is InChI=1S/C11H13ClN2O/c1-8-4-11(15-3)9(5-10(8)12)6-14(2)7-13/h4-5H,6H2,1-3H3. The van der Waals surface area contributed by atoms with Crippen molar-refractivity contribution in [2.24, 2.45) is 0 Å². The highest BCUT2D eigenvalue weighted by Crippen LogP contribution is 2.27. The van der Waals surface area contributed by atoms with Crippen LogP contribution in [0.5, 0.6) is 5.75 Å². The van der Waals surface area contributed by atoms with Gasteiger partial charge >= 0.3 is 0 Å². The van der Waals surface area contributed by atoms with Crippen LogP contribution < -0.4 is 4.74 Å². The van der Waals surface area contributed by atoms with Gasteiger partial charge in [-0.05, 0) is 24.6 Å². The van der Waals surface area contributed by atoms with Gasteiger partial charge in [-0.25, -0.2) is 0 Å². The monoisotopic (exact) mass is 224 g/mol. The summed E-state index contributed by atoms with van der Waals surface area (Å²) in [5.41, 5.74) is 1.88. The van der Waals surface area contributed by atoms with E-state index in [1.807, 2.05) is 25.2 Å². The molecule has 80 valence electrons. The van der Waals surface area contributed by atoms with Crippen molar-refractivity contribution >= 4 is 11.6 Å². The van der Waals surface area contributed by atoms with Gasteiger partial charge in [0.1, 0.15) is 5.75 Å². The number of ether oxygens (including phenoxy) is 1. The van der Waals surface area contributed by atoms with E-state index in [0.29, 0.717) is 11.6 Å². The molecule has 4 heteroatoms. The predicted molar refractivity (Wildman–Crippen MR) is 59.8 cm³/mol. The van der Waals surface area contributed by atoms with E-state index in [4.69, 9.17) is 21.6 Å². The molecule has 0 heterocycles. The molecule has 3 nitrogen and oxygen atoms in total. The molecule has 0 aromatic heterocycles. The first-order chi connectivity index (χ1) is 7.08. The molecule has 0 spiro atoms. The van der Waals surface area contributed by atoms with Crippen LogP contribution in [0.4, 0.5) is 0 Å². The molecule has 0 fully saturated rings. The minimum absolute atomic E-state index is 0.500. The normalized spacial score (nSPS) is 9.53. The Morgan fingerprint density at radius 2 is 2.20 bits per heavy atom. The molecule has 0 saturated carbocycles. The van der Waals surface area contributed by atoms with Crippen molar-refractivity contribution in [3.05, 3.63) is 28.3 Å². The largest absolute Gasteiger partial charge is 0.496 e. The Labute approximate surface area is 94.8 Å². The molecule has 1 rings (SSSR count). The summed E-state index contributed by atoms with van der Waals surface area (Å²) >= 11 is 6.01. The quantitative estimate of drug-likeness (QED) is 0.585. The van der Waals surface area contributed by atoms with Gasteiger partial charge < -0.3 is 9.64 Å².